The Kier molecular flexibility index (Phi) is 13.2. The van der Waals surface area contributed by atoms with Crippen molar-refractivity contribution in [3.8, 4) is 16.9 Å². The molecule has 0 aromatic heterocycles. The van der Waals surface area contributed by atoms with E-state index < -0.39 is 54.6 Å². The molecule has 0 radical (unpaired) electrons. The van der Waals surface area contributed by atoms with Crippen LogP contribution in [-0.2, 0) is 16.2 Å². The lowest BCUT2D eigenvalue weighted by atomic mass is 9.45. The first-order chi connectivity index (χ1) is 27.5. The fraction of sp³-hybridized carbons (Fsp3) is 0.556. The number of nitrogens with one attached hydrogen (secondary N) is 2. The molecule has 2 amide bonds. The zero-order valence-electron chi connectivity index (χ0n) is 35.3. The molecule has 0 spiro atoms. The van der Waals surface area contributed by atoms with Gasteiger partial charge in [0.2, 0.25) is 5.91 Å². The largest absolute Gasteiger partial charge is 0.496 e. The number of hydrogen-bond acceptors (Lipinski definition) is 10. The SMILES string of the molecule is COc1c(-c2cc(C(=O)N[C@H](CN(C)C)[C@H](O)c3ccccc3)cc(N(C)C)c2)ccc(F)c1CN1O[C@@H](CO)C([C@H](C)O)[C@H]1C(=O)N[C@H]1C[C@H]2C[C@@H]([C@@H]1C)C2(C)C. The summed E-state index contributed by atoms with van der Waals surface area (Å²) in [5.41, 5.74) is 3.09. The van der Waals surface area contributed by atoms with E-state index in [4.69, 9.17) is 9.57 Å². The molecule has 4 aliphatic rings. The third-order valence-corrected chi connectivity index (χ3v) is 13.2. The van der Waals surface area contributed by atoms with Crippen molar-refractivity contribution >= 4 is 17.5 Å². The van der Waals surface area contributed by atoms with E-state index in [1.165, 1.54) is 18.2 Å². The van der Waals surface area contributed by atoms with Gasteiger partial charge in [-0.2, -0.15) is 5.06 Å². The average Bonchev–Trinajstić information content (AvgIpc) is 3.57. The molecule has 316 valence electrons. The lowest BCUT2D eigenvalue weighted by molar-refractivity contribution is -0.183. The molecule has 7 rings (SSSR count). The molecule has 1 unspecified atom stereocenters. The highest BCUT2D eigenvalue weighted by molar-refractivity contribution is 5.97. The van der Waals surface area contributed by atoms with Gasteiger partial charge in [-0.25, -0.2) is 4.39 Å². The lowest BCUT2D eigenvalue weighted by Crippen LogP contribution is -2.62. The Morgan fingerprint density at radius 1 is 1.05 bits per heavy atom. The summed E-state index contributed by atoms with van der Waals surface area (Å²) in [6.45, 7) is 8.04. The zero-order valence-corrected chi connectivity index (χ0v) is 35.3. The number of fused-ring (bicyclic) bond motifs is 2. The van der Waals surface area contributed by atoms with Gasteiger partial charge in [0.15, 0.2) is 0 Å². The van der Waals surface area contributed by atoms with Crippen LogP contribution in [-0.4, -0.2) is 116 Å². The van der Waals surface area contributed by atoms with Crippen LogP contribution in [0.5, 0.6) is 5.75 Å². The first-order valence-corrected chi connectivity index (χ1v) is 20.4. The molecule has 1 aliphatic heterocycles. The maximum Gasteiger partial charge on any atom is 0.251 e. The Labute approximate surface area is 342 Å². The number of methoxy groups -OCH3 is 1. The molecule has 58 heavy (non-hydrogen) atoms. The first-order valence-electron chi connectivity index (χ1n) is 20.4. The zero-order chi connectivity index (χ0) is 42.2. The van der Waals surface area contributed by atoms with Crippen molar-refractivity contribution in [3.63, 3.8) is 0 Å². The summed E-state index contributed by atoms with van der Waals surface area (Å²) in [6.07, 6.45) is -0.886. The maximum absolute atomic E-state index is 16.1. The third kappa shape index (κ3) is 8.62. The summed E-state index contributed by atoms with van der Waals surface area (Å²) in [5, 5.41) is 40.3. The molecule has 3 saturated carbocycles. The van der Waals surface area contributed by atoms with Crippen LogP contribution in [0.2, 0.25) is 0 Å². The summed E-state index contributed by atoms with van der Waals surface area (Å²) >= 11 is 0. The van der Waals surface area contributed by atoms with E-state index >= 15 is 4.39 Å². The molecule has 5 N–H and O–H groups in total. The Morgan fingerprint density at radius 3 is 2.34 bits per heavy atom. The summed E-state index contributed by atoms with van der Waals surface area (Å²) in [4.78, 5) is 38.3. The van der Waals surface area contributed by atoms with Crippen LogP contribution in [0.25, 0.3) is 11.1 Å². The number of nitrogens with zero attached hydrogens (tertiary/aromatic N) is 3. The number of benzene rings is 3. The summed E-state index contributed by atoms with van der Waals surface area (Å²) in [7, 11) is 8.88. The highest BCUT2D eigenvalue weighted by Crippen LogP contribution is 2.61. The fourth-order valence-corrected chi connectivity index (χ4v) is 9.76. The van der Waals surface area contributed by atoms with Crippen LogP contribution in [0.3, 0.4) is 0 Å². The topological polar surface area (TPSA) is 147 Å². The van der Waals surface area contributed by atoms with Crippen molar-refractivity contribution < 1.29 is 38.9 Å². The van der Waals surface area contributed by atoms with Crippen molar-refractivity contribution in [3.05, 3.63) is 83.2 Å². The number of amides is 2. The van der Waals surface area contributed by atoms with Crippen molar-refractivity contribution in [2.75, 3.05) is 53.4 Å². The summed E-state index contributed by atoms with van der Waals surface area (Å²) < 4.78 is 22.0. The minimum atomic E-state index is -1.03. The Bertz CT molecular complexity index is 1930. The van der Waals surface area contributed by atoms with Crippen molar-refractivity contribution in [1.82, 2.24) is 20.6 Å². The van der Waals surface area contributed by atoms with Gasteiger partial charge >= 0.3 is 0 Å². The molecule has 2 bridgehead atoms. The maximum atomic E-state index is 16.1. The van der Waals surface area contributed by atoms with Crippen molar-refractivity contribution in [1.29, 1.82) is 0 Å². The standard InChI is InChI=1S/C45H62FN5O7/c1-25-34-20-30(45(34,3)4)21-36(25)47-44(56)40-39(26(2)53)38(24-52)58-51(40)22-33-35(46)16-15-32(42(33)57-9)28-17-29(19-31(18-28)50(7)8)43(55)48-37(23-49(5)6)41(54)27-13-11-10-12-14-27/h10-19,25-26,30,34,36-41,52-54H,20-24H2,1-9H3,(H,47,56)(H,48,55)/t25-,26-,30+,34-,36-,37+,38-,39?,40-,41+/m0/s1. The van der Waals surface area contributed by atoms with Crippen LogP contribution in [0.15, 0.2) is 60.7 Å². The van der Waals surface area contributed by atoms with E-state index in [1.807, 2.05) is 74.4 Å². The number of ether oxygens (including phenoxy) is 1. The number of hydrogen-bond donors (Lipinski definition) is 5. The number of aliphatic hydroxyl groups excluding tert-OH is 3. The van der Waals surface area contributed by atoms with Crippen LogP contribution in [0, 0.1) is 34.9 Å². The molecular formula is C45H62FN5O7. The monoisotopic (exact) mass is 803 g/mol. The highest BCUT2D eigenvalue weighted by Gasteiger charge is 2.57. The van der Waals surface area contributed by atoms with E-state index in [9.17, 15) is 24.9 Å². The van der Waals surface area contributed by atoms with Gasteiger partial charge in [-0.05, 0) is 98.5 Å². The third-order valence-electron chi connectivity index (χ3n) is 13.2. The number of likely N-dealkylation sites (N-methyl/N-ethyl adjacent to an activating group) is 1. The number of rotatable bonds is 15. The second-order valence-electron chi connectivity index (χ2n) is 17.7. The van der Waals surface area contributed by atoms with Crippen LogP contribution in [0.4, 0.5) is 10.1 Å². The normalized spacial score (nSPS) is 26.7. The molecule has 3 aliphatic carbocycles. The van der Waals surface area contributed by atoms with Gasteiger partial charge in [0.25, 0.3) is 5.91 Å². The van der Waals surface area contributed by atoms with Crippen molar-refractivity contribution in [2.45, 2.75) is 83.5 Å². The minimum absolute atomic E-state index is 0.0568. The van der Waals surface area contributed by atoms with Crippen LogP contribution < -0.4 is 20.3 Å². The van der Waals surface area contributed by atoms with Crippen molar-refractivity contribution in [2.24, 2.45) is 29.1 Å². The molecule has 1 heterocycles. The van der Waals surface area contributed by atoms with E-state index in [1.54, 1.807) is 25.1 Å². The number of hydroxylamine groups is 2. The predicted molar refractivity (Wildman–Crippen MR) is 221 cm³/mol. The minimum Gasteiger partial charge on any atom is -0.496 e. The Hall–Kier alpha value is -4.11. The number of aliphatic hydroxyl groups is 3. The molecule has 4 fully saturated rings. The average molecular weight is 804 g/mol. The second kappa shape index (κ2) is 17.6. The van der Waals surface area contributed by atoms with Gasteiger partial charge in [0.1, 0.15) is 29.8 Å². The van der Waals surface area contributed by atoms with Crippen LogP contribution in [0.1, 0.15) is 68.1 Å². The van der Waals surface area contributed by atoms with Gasteiger partial charge in [-0.1, -0.05) is 51.1 Å². The quantitative estimate of drug-likeness (QED) is 0.148. The lowest BCUT2D eigenvalue weighted by Gasteiger charge is -2.62. The fourth-order valence-electron chi connectivity index (χ4n) is 9.76. The van der Waals surface area contributed by atoms with Crippen LogP contribution >= 0.6 is 0 Å². The summed E-state index contributed by atoms with van der Waals surface area (Å²) in [5.74, 6) is -0.703. The van der Waals surface area contributed by atoms with E-state index in [0.717, 1.165) is 12.8 Å². The molecule has 1 saturated heterocycles. The molecule has 3 aromatic rings. The smallest absolute Gasteiger partial charge is 0.251 e. The number of carbonyl (C=O) groups excluding carboxylic acids is 2. The van der Waals surface area contributed by atoms with E-state index in [-0.39, 0.29) is 41.1 Å². The molecule has 13 heteroatoms. The van der Waals surface area contributed by atoms with Gasteiger partial charge < -0.3 is 40.5 Å². The first kappa shape index (κ1) is 43.5. The summed E-state index contributed by atoms with van der Waals surface area (Å²) in [6, 6.07) is 15.7. The van der Waals surface area contributed by atoms with Gasteiger partial charge in [0.05, 0.1) is 32.4 Å². The number of anilines is 1. The van der Waals surface area contributed by atoms with Gasteiger partial charge in [-0.3, -0.25) is 14.4 Å². The molecule has 12 nitrogen and oxygen atoms in total. The Morgan fingerprint density at radius 2 is 1.76 bits per heavy atom. The second-order valence-corrected chi connectivity index (χ2v) is 17.7. The van der Waals surface area contributed by atoms with E-state index in [2.05, 4.69) is 31.4 Å². The predicted octanol–water partition coefficient (Wildman–Crippen LogP) is 4.62. The molecule has 3 aromatic carbocycles. The van der Waals surface area contributed by atoms with E-state index in [0.29, 0.717) is 46.3 Å². The number of carbonyl (C=O) groups is 2. The highest BCUT2D eigenvalue weighted by atomic mass is 19.1. The Balaban J connectivity index is 1.32. The number of halogens is 1. The van der Waals surface area contributed by atoms with Gasteiger partial charge in [-0.15, -0.1) is 0 Å². The molecule has 10 atom stereocenters. The van der Waals surface area contributed by atoms with Gasteiger partial charge in [0, 0.05) is 55.0 Å². The molecular weight excluding hydrogens is 742 g/mol.